The summed E-state index contributed by atoms with van der Waals surface area (Å²) >= 11 is 0. The number of ether oxygens (including phenoxy) is 1. The minimum Gasteiger partial charge on any atom is -0.385 e. The van der Waals surface area contributed by atoms with E-state index in [1.54, 1.807) is 0 Å². The van der Waals surface area contributed by atoms with Crippen LogP contribution in [0.4, 0.5) is 0 Å². The molecule has 7 heteroatoms. The number of aliphatic hydroxyl groups excluding tert-OH is 1. The predicted molar refractivity (Wildman–Crippen MR) is 133 cm³/mol. The Morgan fingerprint density at radius 3 is 2.11 bits per heavy atom. The summed E-state index contributed by atoms with van der Waals surface area (Å²) in [5, 5.41) is 12.1. The number of hydrogen-bond donors (Lipinski definition) is 3. The number of piperazine rings is 1. The maximum absolute atomic E-state index is 13.1. The molecule has 5 rings (SSSR count). The minimum atomic E-state index is -0.485. The molecule has 0 spiro atoms. The van der Waals surface area contributed by atoms with Gasteiger partial charge in [-0.25, -0.2) is 0 Å². The summed E-state index contributed by atoms with van der Waals surface area (Å²) in [6.45, 7) is 6.50. The van der Waals surface area contributed by atoms with Crippen LogP contribution in [0.2, 0.25) is 0 Å². The molecule has 0 saturated carbocycles. The Morgan fingerprint density at radius 2 is 1.46 bits per heavy atom. The number of carbonyl (C=O) groups excluding carboxylic acids is 2. The van der Waals surface area contributed by atoms with Crippen LogP contribution >= 0.6 is 0 Å². The Kier molecular flexibility index (Phi) is 7.20. The highest BCUT2D eigenvalue weighted by molar-refractivity contribution is 6.25. The van der Waals surface area contributed by atoms with Gasteiger partial charge >= 0.3 is 0 Å². The lowest BCUT2D eigenvalue weighted by Gasteiger charge is -2.32. The first kappa shape index (κ1) is 23.6. The first-order valence-corrected chi connectivity index (χ1v) is 12.4. The average Bonchev–Trinajstić information content (AvgIpc) is 2.88. The van der Waals surface area contributed by atoms with E-state index in [4.69, 9.17) is 4.74 Å². The van der Waals surface area contributed by atoms with Crippen molar-refractivity contribution in [2.45, 2.75) is 12.7 Å². The quantitative estimate of drug-likeness (QED) is 0.375. The number of benzene rings is 3. The maximum Gasteiger partial charge on any atom is 0.261 e. The highest BCUT2D eigenvalue weighted by Gasteiger charge is 2.34. The molecule has 0 unspecified atom stereocenters. The fourth-order valence-corrected chi connectivity index (χ4v) is 5.24. The van der Waals surface area contributed by atoms with E-state index in [2.05, 4.69) is 0 Å². The summed E-state index contributed by atoms with van der Waals surface area (Å²) in [5.74, 6) is -0.386. The number of quaternary nitrogens is 2. The average molecular weight is 476 g/mol. The second-order valence-electron chi connectivity index (χ2n) is 9.58. The van der Waals surface area contributed by atoms with Gasteiger partial charge in [-0.15, -0.1) is 0 Å². The van der Waals surface area contributed by atoms with Crippen LogP contribution in [0.1, 0.15) is 26.3 Å². The Hall–Kier alpha value is -3.10. The molecule has 3 N–H and O–H groups in total. The van der Waals surface area contributed by atoms with Gasteiger partial charge < -0.3 is 19.6 Å². The van der Waals surface area contributed by atoms with Crippen molar-refractivity contribution < 1.29 is 29.2 Å². The molecule has 0 aromatic heterocycles. The number of hydrogen-bond acceptors (Lipinski definition) is 4. The smallest absolute Gasteiger partial charge is 0.261 e. The van der Waals surface area contributed by atoms with Crippen LogP contribution in [-0.4, -0.2) is 80.3 Å². The molecule has 0 bridgehead atoms. The molecular weight excluding hydrogens is 442 g/mol. The van der Waals surface area contributed by atoms with E-state index in [-0.39, 0.29) is 11.8 Å². The van der Waals surface area contributed by atoms with Crippen molar-refractivity contribution in [3.63, 3.8) is 0 Å². The molecule has 2 aliphatic rings. The van der Waals surface area contributed by atoms with E-state index < -0.39 is 6.10 Å². The molecule has 35 heavy (non-hydrogen) atoms. The van der Waals surface area contributed by atoms with Gasteiger partial charge in [0.15, 0.2) is 0 Å². The van der Waals surface area contributed by atoms with E-state index in [0.29, 0.717) is 37.4 Å². The van der Waals surface area contributed by atoms with E-state index in [1.165, 1.54) is 14.7 Å². The summed E-state index contributed by atoms with van der Waals surface area (Å²) < 4.78 is 5.68. The normalized spacial score (nSPS) is 20.9. The van der Waals surface area contributed by atoms with Crippen LogP contribution in [0.15, 0.2) is 66.7 Å². The lowest BCUT2D eigenvalue weighted by molar-refractivity contribution is -1.01. The van der Waals surface area contributed by atoms with Crippen LogP contribution < -0.4 is 9.80 Å². The number of rotatable bonds is 9. The minimum absolute atomic E-state index is 0.193. The van der Waals surface area contributed by atoms with Gasteiger partial charge in [0.1, 0.15) is 38.8 Å². The molecule has 7 nitrogen and oxygen atoms in total. The van der Waals surface area contributed by atoms with Crippen molar-refractivity contribution >= 4 is 22.6 Å². The van der Waals surface area contributed by atoms with Crippen molar-refractivity contribution in [1.29, 1.82) is 0 Å². The number of nitrogens with zero attached hydrogens (tertiary/aromatic N) is 1. The Morgan fingerprint density at radius 1 is 0.829 bits per heavy atom. The molecule has 1 fully saturated rings. The maximum atomic E-state index is 13.1. The summed E-state index contributed by atoms with van der Waals surface area (Å²) in [6, 6.07) is 21.2. The summed E-state index contributed by atoms with van der Waals surface area (Å²) in [5.41, 5.74) is 2.34. The Balaban J connectivity index is 1.07. The van der Waals surface area contributed by atoms with Crippen molar-refractivity contribution in [2.75, 3.05) is 52.4 Å². The van der Waals surface area contributed by atoms with Crippen LogP contribution in [0, 0.1) is 0 Å². The molecule has 2 amide bonds. The van der Waals surface area contributed by atoms with Gasteiger partial charge in [0.2, 0.25) is 0 Å². The highest BCUT2D eigenvalue weighted by atomic mass is 16.5. The van der Waals surface area contributed by atoms with Crippen LogP contribution in [-0.2, 0) is 11.3 Å². The summed E-state index contributed by atoms with van der Waals surface area (Å²) in [7, 11) is 0. The zero-order chi connectivity index (χ0) is 24.2. The SMILES string of the molecule is O=C1c2cccc3cccc(c23)C(=O)N1CC[NH+]1CC[NH+](C[C@H](O)COCc2ccccc2)CC1. The fourth-order valence-electron chi connectivity index (χ4n) is 5.24. The van der Waals surface area contributed by atoms with Gasteiger partial charge in [0.25, 0.3) is 11.8 Å². The van der Waals surface area contributed by atoms with Gasteiger partial charge in [-0.2, -0.15) is 0 Å². The van der Waals surface area contributed by atoms with E-state index >= 15 is 0 Å². The molecule has 182 valence electrons. The Bertz CT molecular complexity index is 1140. The first-order chi connectivity index (χ1) is 17.1. The lowest BCUT2D eigenvalue weighted by Crippen LogP contribution is -3.28. The monoisotopic (exact) mass is 475 g/mol. The van der Waals surface area contributed by atoms with Gasteiger partial charge in [0, 0.05) is 16.5 Å². The number of aliphatic hydroxyl groups is 1. The standard InChI is InChI=1S/C28H31N3O4/c32-23(20-35-19-21-6-2-1-3-7-21)18-30-14-12-29(13-15-30)16-17-31-27(33)24-10-4-8-22-9-5-11-25(26(22)24)28(31)34/h1-11,23,32H,12-20H2/p+2/t23-/m0/s1. The third kappa shape index (κ3) is 5.28. The molecule has 1 saturated heterocycles. The molecular formula is C28H33N3O4+2. The third-order valence-electron chi connectivity index (χ3n) is 7.16. The zero-order valence-electron chi connectivity index (χ0n) is 19.9. The zero-order valence-corrected chi connectivity index (χ0v) is 19.9. The topological polar surface area (TPSA) is 75.7 Å². The van der Waals surface area contributed by atoms with Crippen molar-refractivity contribution in [3.05, 3.63) is 83.4 Å². The fraction of sp³-hybridized carbons (Fsp3) is 0.357. The van der Waals surface area contributed by atoms with Gasteiger partial charge in [-0.3, -0.25) is 14.5 Å². The van der Waals surface area contributed by atoms with Crippen molar-refractivity contribution in [3.8, 4) is 0 Å². The molecule has 0 radical (unpaired) electrons. The number of imide groups is 1. The molecule has 1 atom stereocenters. The van der Waals surface area contributed by atoms with Gasteiger partial charge in [-0.05, 0) is 23.1 Å². The Labute approximate surface area is 205 Å². The molecule has 3 aromatic carbocycles. The van der Waals surface area contributed by atoms with Crippen LogP contribution in [0.25, 0.3) is 10.8 Å². The van der Waals surface area contributed by atoms with Crippen molar-refractivity contribution in [2.24, 2.45) is 0 Å². The number of amides is 2. The molecule has 3 aromatic rings. The van der Waals surface area contributed by atoms with Crippen molar-refractivity contribution in [1.82, 2.24) is 4.90 Å². The summed E-state index contributed by atoms with van der Waals surface area (Å²) in [4.78, 5) is 30.4. The number of nitrogens with one attached hydrogen (secondary N) is 2. The third-order valence-corrected chi connectivity index (χ3v) is 7.16. The lowest BCUT2D eigenvalue weighted by atomic mass is 9.94. The predicted octanol–water partition coefficient (Wildman–Crippen LogP) is -0.203. The molecule has 2 heterocycles. The largest absolute Gasteiger partial charge is 0.385 e. The van der Waals surface area contributed by atoms with Gasteiger partial charge in [-0.1, -0.05) is 54.6 Å². The molecule has 2 aliphatic heterocycles. The second kappa shape index (κ2) is 10.7. The number of carbonyl (C=O) groups is 2. The van der Waals surface area contributed by atoms with Gasteiger partial charge in [0.05, 0.1) is 26.3 Å². The van der Waals surface area contributed by atoms with Crippen LogP contribution in [0.5, 0.6) is 0 Å². The second-order valence-corrected chi connectivity index (χ2v) is 9.58. The van der Waals surface area contributed by atoms with Crippen LogP contribution in [0.3, 0.4) is 0 Å². The van der Waals surface area contributed by atoms with E-state index in [0.717, 1.165) is 49.1 Å². The highest BCUT2D eigenvalue weighted by Crippen LogP contribution is 2.29. The summed E-state index contributed by atoms with van der Waals surface area (Å²) in [6.07, 6.45) is -0.485. The van der Waals surface area contributed by atoms with E-state index in [9.17, 15) is 14.7 Å². The van der Waals surface area contributed by atoms with E-state index in [1.807, 2.05) is 66.7 Å². The first-order valence-electron chi connectivity index (χ1n) is 12.4. The molecule has 0 aliphatic carbocycles.